The van der Waals surface area contributed by atoms with Crippen molar-refractivity contribution in [3.8, 4) is 5.75 Å². The Hall–Kier alpha value is -1.84. The topological polar surface area (TPSA) is 58.9 Å². The second-order valence-corrected chi connectivity index (χ2v) is 2.67. The summed E-state index contributed by atoms with van der Waals surface area (Å²) in [6.45, 7) is 0. The molecule has 1 aromatic rings. The van der Waals surface area contributed by atoms with Gasteiger partial charge in [-0.3, -0.25) is 4.79 Å². The number of aliphatic imine (C=N–C) groups is 1. The van der Waals surface area contributed by atoms with Gasteiger partial charge in [-0.15, -0.1) is 0 Å². The number of ether oxygens (including phenoxy) is 1. The van der Waals surface area contributed by atoms with Crippen molar-refractivity contribution in [2.45, 2.75) is 6.10 Å². The first-order valence-electron chi connectivity index (χ1n) is 3.77. The highest BCUT2D eigenvalue weighted by Crippen LogP contribution is 2.32. The van der Waals surface area contributed by atoms with Gasteiger partial charge in [0.15, 0.2) is 18.8 Å². The zero-order valence-electron chi connectivity index (χ0n) is 6.68. The van der Waals surface area contributed by atoms with E-state index >= 15 is 0 Å². The molecule has 0 bridgehead atoms. The van der Waals surface area contributed by atoms with Crippen molar-refractivity contribution >= 4 is 18.4 Å². The number of carbonyl (C=O) groups excluding carboxylic acids is 1. The van der Waals surface area contributed by atoms with E-state index in [9.17, 15) is 9.90 Å². The van der Waals surface area contributed by atoms with Gasteiger partial charge in [0.25, 0.3) is 0 Å². The molecule has 1 N–H and O–H groups in total. The lowest BCUT2D eigenvalue weighted by Gasteiger charge is -2.16. The number of aromatic hydroxyl groups is 1. The summed E-state index contributed by atoms with van der Waals surface area (Å²) in [5, 5.41) is 9.18. The molecule has 4 nitrogen and oxygen atoms in total. The first kappa shape index (κ1) is 7.79. The Morgan fingerprint density at radius 2 is 2.38 bits per heavy atom. The van der Waals surface area contributed by atoms with Gasteiger partial charge in [0.2, 0.25) is 0 Å². The number of aldehydes is 1. The zero-order valence-corrected chi connectivity index (χ0v) is 6.68. The maximum atomic E-state index is 10.6. The molecule has 0 radical (unpaired) electrons. The van der Waals surface area contributed by atoms with Crippen LogP contribution in [0, 0.1) is 0 Å². The summed E-state index contributed by atoms with van der Waals surface area (Å²) in [6, 6.07) is 4.63. The third-order valence-corrected chi connectivity index (χ3v) is 1.84. The molecule has 1 unspecified atom stereocenters. The van der Waals surface area contributed by atoms with Crippen LogP contribution in [-0.4, -0.2) is 17.8 Å². The van der Waals surface area contributed by atoms with Crippen molar-refractivity contribution in [2.24, 2.45) is 4.99 Å². The van der Waals surface area contributed by atoms with Gasteiger partial charge in [-0.25, -0.2) is 4.99 Å². The van der Waals surface area contributed by atoms with Gasteiger partial charge in [0.1, 0.15) is 5.75 Å². The van der Waals surface area contributed by atoms with E-state index < -0.39 is 6.10 Å². The number of phenolic OH excluding ortho intramolecular Hbond substituents is 1. The van der Waals surface area contributed by atoms with Crippen LogP contribution in [0.25, 0.3) is 0 Å². The molecule has 4 heteroatoms. The van der Waals surface area contributed by atoms with E-state index in [4.69, 9.17) is 4.74 Å². The van der Waals surface area contributed by atoms with Crippen molar-refractivity contribution in [1.29, 1.82) is 0 Å². The lowest BCUT2D eigenvalue weighted by molar-refractivity contribution is -0.114. The van der Waals surface area contributed by atoms with E-state index in [1.807, 2.05) is 0 Å². The van der Waals surface area contributed by atoms with Crippen molar-refractivity contribution in [2.75, 3.05) is 0 Å². The molecular weight excluding hydrogens is 170 g/mol. The van der Waals surface area contributed by atoms with Crippen LogP contribution in [0.15, 0.2) is 23.2 Å². The van der Waals surface area contributed by atoms with E-state index in [0.29, 0.717) is 17.5 Å². The monoisotopic (exact) mass is 177 g/mol. The molecular formula is C9H7NO3. The normalized spacial score (nSPS) is 18.9. The Morgan fingerprint density at radius 3 is 3.15 bits per heavy atom. The maximum Gasteiger partial charge on any atom is 0.182 e. The van der Waals surface area contributed by atoms with E-state index in [2.05, 4.69) is 4.99 Å². The van der Waals surface area contributed by atoms with Gasteiger partial charge in [-0.05, 0) is 18.2 Å². The quantitative estimate of drug-likeness (QED) is 0.658. The average molecular weight is 177 g/mol. The minimum absolute atomic E-state index is 0.103. The van der Waals surface area contributed by atoms with Crippen LogP contribution < -0.4 is 0 Å². The van der Waals surface area contributed by atoms with Crippen LogP contribution in [0.2, 0.25) is 0 Å². The zero-order chi connectivity index (χ0) is 9.26. The molecule has 0 spiro atoms. The first-order valence-corrected chi connectivity index (χ1v) is 3.77. The minimum Gasteiger partial charge on any atom is -0.508 e. The Bertz CT molecular complexity index is 373. The molecule has 0 fully saturated rings. The number of hydrogen-bond acceptors (Lipinski definition) is 4. The van der Waals surface area contributed by atoms with Crippen molar-refractivity contribution in [1.82, 2.24) is 0 Å². The van der Waals surface area contributed by atoms with Gasteiger partial charge in [0, 0.05) is 5.56 Å². The molecule has 0 aliphatic carbocycles. The molecule has 0 saturated carbocycles. The molecule has 0 aromatic heterocycles. The van der Waals surface area contributed by atoms with Crippen LogP contribution in [0.3, 0.4) is 0 Å². The molecule has 0 saturated heterocycles. The standard InChI is InChI=1S/C9H7NO3/c11-4-9-7-3-6(12)1-2-8(7)10-5-13-9/h1-5,9,12H. The van der Waals surface area contributed by atoms with Gasteiger partial charge in [-0.1, -0.05) is 0 Å². The largest absolute Gasteiger partial charge is 0.508 e. The van der Waals surface area contributed by atoms with Crippen LogP contribution in [0.1, 0.15) is 11.7 Å². The fraction of sp³-hybridized carbons (Fsp3) is 0.111. The first-order chi connectivity index (χ1) is 6.31. The smallest absolute Gasteiger partial charge is 0.182 e. The van der Waals surface area contributed by atoms with Crippen LogP contribution in [0.5, 0.6) is 5.75 Å². The SMILES string of the molecule is O=CC1OC=Nc2ccc(O)cc21. The lowest BCUT2D eigenvalue weighted by atomic mass is 10.1. The fourth-order valence-electron chi connectivity index (χ4n) is 1.22. The summed E-state index contributed by atoms with van der Waals surface area (Å²) < 4.78 is 4.94. The second-order valence-electron chi connectivity index (χ2n) is 2.67. The number of benzene rings is 1. The predicted molar refractivity (Wildman–Crippen MR) is 46.1 cm³/mol. The molecule has 1 aliphatic heterocycles. The summed E-state index contributed by atoms with van der Waals surface area (Å²) in [6.07, 6.45) is 1.25. The number of hydrogen-bond donors (Lipinski definition) is 1. The number of carbonyl (C=O) groups is 1. The Labute approximate surface area is 74.5 Å². The van der Waals surface area contributed by atoms with E-state index in [1.54, 1.807) is 6.07 Å². The molecule has 1 atom stereocenters. The van der Waals surface area contributed by atoms with Gasteiger partial charge >= 0.3 is 0 Å². The third-order valence-electron chi connectivity index (χ3n) is 1.84. The van der Waals surface area contributed by atoms with Gasteiger partial charge in [-0.2, -0.15) is 0 Å². The van der Waals surface area contributed by atoms with Gasteiger partial charge in [0.05, 0.1) is 5.69 Å². The van der Waals surface area contributed by atoms with Crippen molar-refractivity contribution in [3.63, 3.8) is 0 Å². The van der Waals surface area contributed by atoms with Crippen molar-refractivity contribution < 1.29 is 14.6 Å². The molecule has 1 heterocycles. The highest BCUT2D eigenvalue weighted by Gasteiger charge is 2.18. The Balaban J connectivity index is 2.54. The summed E-state index contributed by atoms with van der Waals surface area (Å²) in [4.78, 5) is 14.5. The summed E-state index contributed by atoms with van der Waals surface area (Å²) >= 11 is 0. The maximum absolute atomic E-state index is 10.6. The Kier molecular flexibility index (Phi) is 1.73. The number of phenols is 1. The minimum atomic E-state index is -0.653. The summed E-state index contributed by atoms with van der Waals surface area (Å²) in [5.74, 6) is 0.103. The van der Waals surface area contributed by atoms with Crippen LogP contribution in [-0.2, 0) is 9.53 Å². The lowest BCUT2D eigenvalue weighted by Crippen LogP contribution is -2.08. The molecule has 1 aliphatic rings. The van der Waals surface area contributed by atoms with Crippen LogP contribution in [0.4, 0.5) is 5.69 Å². The number of fused-ring (bicyclic) bond motifs is 1. The van der Waals surface area contributed by atoms with E-state index in [-0.39, 0.29) is 5.75 Å². The van der Waals surface area contributed by atoms with Crippen molar-refractivity contribution in [3.05, 3.63) is 23.8 Å². The van der Waals surface area contributed by atoms with Gasteiger partial charge < -0.3 is 9.84 Å². The summed E-state index contributed by atoms with van der Waals surface area (Å²) in [5.41, 5.74) is 1.25. The Morgan fingerprint density at radius 1 is 1.54 bits per heavy atom. The van der Waals surface area contributed by atoms with E-state index in [1.165, 1.54) is 18.5 Å². The molecule has 66 valence electrons. The highest BCUT2D eigenvalue weighted by molar-refractivity contribution is 5.73. The third kappa shape index (κ3) is 1.26. The number of nitrogens with zero attached hydrogens (tertiary/aromatic N) is 1. The molecule has 1 aromatic carbocycles. The van der Waals surface area contributed by atoms with Crippen LogP contribution >= 0.6 is 0 Å². The highest BCUT2D eigenvalue weighted by atomic mass is 16.5. The molecule has 13 heavy (non-hydrogen) atoms. The second kappa shape index (κ2) is 2.90. The average Bonchev–Trinajstić information content (AvgIpc) is 2.17. The fourth-order valence-corrected chi connectivity index (χ4v) is 1.22. The molecule has 0 amide bonds. The number of rotatable bonds is 1. The summed E-state index contributed by atoms with van der Waals surface area (Å²) in [7, 11) is 0. The predicted octanol–water partition coefficient (Wildman–Crippen LogP) is 1.32. The molecule has 2 rings (SSSR count). The van der Waals surface area contributed by atoms with E-state index in [0.717, 1.165) is 0 Å².